The van der Waals surface area contributed by atoms with E-state index < -0.39 is 11.9 Å². The molecular formula is C19H17Br2NO5. The van der Waals surface area contributed by atoms with Crippen LogP contribution in [0, 0.1) is 0 Å². The summed E-state index contributed by atoms with van der Waals surface area (Å²) in [4.78, 5) is 22.4. The van der Waals surface area contributed by atoms with Gasteiger partial charge in [0.15, 0.2) is 11.5 Å². The van der Waals surface area contributed by atoms with E-state index in [9.17, 15) is 14.7 Å². The van der Waals surface area contributed by atoms with Crippen molar-refractivity contribution in [2.24, 2.45) is 0 Å². The summed E-state index contributed by atoms with van der Waals surface area (Å²) in [5.41, 5.74) is 1.26. The average Bonchev–Trinajstić information content (AvgIpc) is 2.59. The third-order valence-corrected chi connectivity index (χ3v) is 4.46. The van der Waals surface area contributed by atoms with Gasteiger partial charge in [0.1, 0.15) is 12.3 Å². The van der Waals surface area contributed by atoms with Crippen molar-refractivity contribution in [1.29, 1.82) is 0 Å². The number of carbonyl (C=O) groups is 2. The Bertz CT molecular complexity index is 896. The van der Waals surface area contributed by atoms with E-state index in [2.05, 4.69) is 37.2 Å². The predicted molar refractivity (Wildman–Crippen MR) is 109 cm³/mol. The number of rotatable bonds is 7. The quantitative estimate of drug-likeness (QED) is 0.554. The largest absolute Gasteiger partial charge is 0.493 e. The zero-order chi connectivity index (χ0) is 20.0. The summed E-state index contributed by atoms with van der Waals surface area (Å²) in [5, 5.41) is 11.5. The van der Waals surface area contributed by atoms with Crippen molar-refractivity contribution in [1.82, 2.24) is 5.32 Å². The molecule has 0 aliphatic heterocycles. The third kappa shape index (κ3) is 6.11. The third-order valence-electron chi connectivity index (χ3n) is 3.38. The normalized spacial score (nSPS) is 11.0. The lowest BCUT2D eigenvalue weighted by Crippen LogP contribution is -2.24. The van der Waals surface area contributed by atoms with Crippen LogP contribution in [0.25, 0.3) is 6.08 Å². The summed E-state index contributed by atoms with van der Waals surface area (Å²) in [6.45, 7) is 1.57. The Morgan fingerprint density at radius 3 is 2.56 bits per heavy atom. The molecular weight excluding hydrogens is 482 g/mol. The zero-order valence-corrected chi connectivity index (χ0v) is 17.8. The molecule has 2 N–H and O–H groups in total. The van der Waals surface area contributed by atoms with E-state index in [0.29, 0.717) is 28.1 Å². The van der Waals surface area contributed by atoms with Gasteiger partial charge in [0.25, 0.3) is 0 Å². The second-order valence-electron chi connectivity index (χ2n) is 5.50. The number of nitrogens with one attached hydrogen (secondary N) is 1. The number of carboxylic acids is 1. The van der Waals surface area contributed by atoms with Gasteiger partial charge >= 0.3 is 5.97 Å². The Balaban J connectivity index is 2.30. The number of hydrogen-bond donors (Lipinski definition) is 2. The second kappa shape index (κ2) is 9.57. The fraction of sp³-hybridized carbons (Fsp3) is 0.158. The Labute approximate surface area is 173 Å². The van der Waals surface area contributed by atoms with Crippen molar-refractivity contribution in [2.45, 2.75) is 13.5 Å². The minimum Gasteiger partial charge on any atom is -0.493 e. The fourth-order valence-electron chi connectivity index (χ4n) is 2.25. The molecule has 2 aromatic rings. The first-order chi connectivity index (χ1) is 12.8. The summed E-state index contributed by atoms with van der Waals surface area (Å²) < 4.78 is 12.8. The van der Waals surface area contributed by atoms with Gasteiger partial charge < -0.3 is 19.9 Å². The van der Waals surface area contributed by atoms with Gasteiger partial charge in [0.2, 0.25) is 5.91 Å². The average molecular weight is 499 g/mol. The van der Waals surface area contributed by atoms with Crippen LogP contribution in [0.3, 0.4) is 0 Å². The first-order valence-corrected chi connectivity index (χ1v) is 9.36. The first-order valence-electron chi connectivity index (χ1n) is 7.77. The van der Waals surface area contributed by atoms with Gasteiger partial charge in [-0.2, -0.15) is 0 Å². The van der Waals surface area contributed by atoms with Crippen molar-refractivity contribution in [3.63, 3.8) is 0 Å². The maximum absolute atomic E-state index is 11.3. The number of amides is 1. The zero-order valence-electron chi connectivity index (χ0n) is 14.6. The fourth-order valence-corrected chi connectivity index (χ4v) is 3.27. The van der Waals surface area contributed by atoms with Crippen LogP contribution in [0.4, 0.5) is 0 Å². The highest BCUT2D eigenvalue weighted by Gasteiger charge is 2.14. The highest BCUT2D eigenvalue weighted by Crippen LogP contribution is 2.37. The molecule has 142 valence electrons. The molecule has 2 rings (SSSR count). The van der Waals surface area contributed by atoms with Crippen LogP contribution in [0.2, 0.25) is 0 Å². The number of carbonyl (C=O) groups excluding carboxylic acids is 1. The number of hydrogen-bond acceptors (Lipinski definition) is 4. The molecule has 0 unspecified atom stereocenters. The molecule has 1 amide bonds. The van der Waals surface area contributed by atoms with Gasteiger partial charge in [-0.05, 0) is 57.4 Å². The van der Waals surface area contributed by atoms with Crippen LogP contribution in [-0.2, 0) is 16.2 Å². The van der Waals surface area contributed by atoms with Gasteiger partial charge in [-0.3, -0.25) is 4.79 Å². The van der Waals surface area contributed by atoms with Crippen LogP contribution in [0.15, 0.2) is 51.0 Å². The SMILES string of the molecule is COc1cc(C=C(NC(C)=O)C(=O)O)cc(Br)c1OCc1cccc(Br)c1. The van der Waals surface area contributed by atoms with Crippen molar-refractivity contribution in [2.75, 3.05) is 7.11 Å². The van der Waals surface area contributed by atoms with Crippen molar-refractivity contribution < 1.29 is 24.2 Å². The van der Waals surface area contributed by atoms with E-state index in [1.165, 1.54) is 20.1 Å². The molecule has 0 aromatic heterocycles. The molecule has 0 heterocycles. The van der Waals surface area contributed by atoms with E-state index in [1.54, 1.807) is 12.1 Å². The molecule has 0 atom stereocenters. The molecule has 6 nitrogen and oxygen atoms in total. The molecule has 0 aliphatic rings. The number of benzene rings is 2. The molecule has 8 heteroatoms. The van der Waals surface area contributed by atoms with Gasteiger partial charge in [-0.1, -0.05) is 28.1 Å². The number of carboxylic acid groups (broad SMARTS) is 1. The summed E-state index contributed by atoms with van der Waals surface area (Å²) >= 11 is 6.84. The molecule has 0 aliphatic carbocycles. The molecule has 0 fully saturated rings. The van der Waals surface area contributed by atoms with Gasteiger partial charge in [-0.25, -0.2) is 4.79 Å². The Morgan fingerprint density at radius 1 is 1.22 bits per heavy atom. The molecule has 27 heavy (non-hydrogen) atoms. The minimum absolute atomic E-state index is 0.237. The van der Waals surface area contributed by atoms with Crippen LogP contribution < -0.4 is 14.8 Å². The number of halogens is 2. The Kier molecular flexibility index (Phi) is 7.44. The number of ether oxygens (including phenoxy) is 2. The number of methoxy groups -OCH3 is 1. The highest BCUT2D eigenvalue weighted by atomic mass is 79.9. The molecule has 0 saturated carbocycles. The van der Waals surface area contributed by atoms with Crippen LogP contribution >= 0.6 is 31.9 Å². The molecule has 0 saturated heterocycles. The van der Waals surface area contributed by atoms with Crippen LogP contribution in [-0.4, -0.2) is 24.1 Å². The smallest absolute Gasteiger partial charge is 0.352 e. The molecule has 2 aromatic carbocycles. The van der Waals surface area contributed by atoms with Crippen LogP contribution in [0.5, 0.6) is 11.5 Å². The summed E-state index contributed by atoms with van der Waals surface area (Å²) in [6, 6.07) is 11.0. The maximum Gasteiger partial charge on any atom is 0.352 e. The number of aliphatic carboxylic acids is 1. The van der Waals surface area contributed by atoms with Gasteiger partial charge in [0, 0.05) is 11.4 Å². The topological polar surface area (TPSA) is 84.9 Å². The molecule has 0 spiro atoms. The lowest BCUT2D eigenvalue weighted by atomic mass is 10.1. The van der Waals surface area contributed by atoms with Crippen molar-refractivity contribution in [3.8, 4) is 11.5 Å². The van der Waals surface area contributed by atoms with E-state index in [0.717, 1.165) is 10.0 Å². The second-order valence-corrected chi connectivity index (χ2v) is 7.27. The molecule has 0 bridgehead atoms. The summed E-state index contributed by atoms with van der Waals surface area (Å²) in [5.74, 6) is -0.789. The van der Waals surface area contributed by atoms with E-state index in [4.69, 9.17) is 9.47 Å². The van der Waals surface area contributed by atoms with E-state index in [-0.39, 0.29) is 5.70 Å². The minimum atomic E-state index is -1.24. The highest BCUT2D eigenvalue weighted by molar-refractivity contribution is 9.10. The Hall–Kier alpha value is -2.32. The first kappa shape index (κ1) is 21.0. The van der Waals surface area contributed by atoms with E-state index in [1.807, 2.05) is 24.3 Å². The summed E-state index contributed by atoms with van der Waals surface area (Å²) in [7, 11) is 1.49. The van der Waals surface area contributed by atoms with Gasteiger partial charge in [-0.15, -0.1) is 0 Å². The standard InChI is InChI=1S/C19H17Br2NO5/c1-11(23)22-16(19(24)25)8-13-7-15(21)18(17(9-13)26-2)27-10-12-4-3-5-14(20)6-12/h3-9H,10H2,1-2H3,(H,22,23)(H,24,25). The van der Waals surface area contributed by atoms with E-state index >= 15 is 0 Å². The van der Waals surface area contributed by atoms with Gasteiger partial charge in [0.05, 0.1) is 11.6 Å². The summed E-state index contributed by atoms with van der Waals surface area (Å²) in [6.07, 6.45) is 1.34. The monoisotopic (exact) mass is 497 g/mol. The van der Waals surface area contributed by atoms with Crippen molar-refractivity contribution >= 4 is 49.8 Å². The van der Waals surface area contributed by atoms with Crippen LogP contribution in [0.1, 0.15) is 18.1 Å². The predicted octanol–water partition coefficient (Wildman–Crippen LogP) is 4.36. The van der Waals surface area contributed by atoms with Crippen molar-refractivity contribution in [3.05, 3.63) is 62.2 Å². The lowest BCUT2D eigenvalue weighted by Gasteiger charge is -2.14. The molecule has 0 radical (unpaired) electrons. The Morgan fingerprint density at radius 2 is 1.96 bits per heavy atom. The maximum atomic E-state index is 11.3. The lowest BCUT2D eigenvalue weighted by molar-refractivity contribution is -0.134.